The molecule has 0 bridgehead atoms. The van der Waals surface area contributed by atoms with Gasteiger partial charge < -0.3 is 26.4 Å². The first-order valence-corrected chi connectivity index (χ1v) is 14.4. The van der Waals surface area contributed by atoms with E-state index in [0.717, 1.165) is 18.5 Å². The molecule has 5 atom stereocenters. The van der Waals surface area contributed by atoms with E-state index in [1.165, 1.54) is 4.57 Å². The minimum atomic E-state index is -0.954. The van der Waals surface area contributed by atoms with Crippen molar-refractivity contribution in [2.45, 2.75) is 44.8 Å². The Hall–Kier alpha value is -3.32. The second-order valence-electron chi connectivity index (χ2n) is 12.2. The smallest absolute Gasteiger partial charge is 0.354 e. The Morgan fingerprint density at radius 1 is 1.12 bits per heavy atom. The monoisotopic (exact) mass is 566 g/mol. The highest BCUT2D eigenvalue weighted by atomic mass is 16.3. The van der Waals surface area contributed by atoms with Gasteiger partial charge in [0, 0.05) is 51.0 Å². The van der Waals surface area contributed by atoms with Crippen LogP contribution in [0.15, 0.2) is 41.3 Å². The molecule has 0 radical (unpaired) electrons. The first-order valence-electron chi connectivity index (χ1n) is 14.4. The van der Waals surface area contributed by atoms with Crippen LogP contribution >= 0.6 is 0 Å². The summed E-state index contributed by atoms with van der Waals surface area (Å²) in [6, 6.07) is 9.49. The number of carbonyl (C=O) groups excluding carboxylic acids is 2. The van der Waals surface area contributed by atoms with Crippen LogP contribution in [0.1, 0.15) is 26.3 Å². The third-order valence-corrected chi connectivity index (χ3v) is 8.90. The standard InChI is InChI=1S/C29H42N8O4/c1-18(37-16-22-21(15-30)25(22)23(37)17-38)14-19-4-6-20(7-5-19)36-9-8-24(33-28(36)41)32-27(40)35-12-10-34(11-13-35)26(39)29(2,3)31/h4-9,18,21-23,25,38H,10-17,30-31H2,1-3H3,(H,32,33,40,41)/t18?,21-,22-,23-,25+/m1/s1. The molecule has 0 spiro atoms. The molecule has 2 aromatic rings. The van der Waals surface area contributed by atoms with Crippen molar-refractivity contribution in [2.24, 2.45) is 29.2 Å². The van der Waals surface area contributed by atoms with Crippen LogP contribution in [-0.2, 0) is 11.2 Å². The number of piperazine rings is 1. The molecule has 3 aliphatic rings. The van der Waals surface area contributed by atoms with Crippen LogP contribution in [0.2, 0.25) is 0 Å². The van der Waals surface area contributed by atoms with E-state index in [2.05, 4.69) is 22.1 Å². The Kier molecular flexibility index (Phi) is 8.20. The summed E-state index contributed by atoms with van der Waals surface area (Å²) in [5.74, 6) is 1.70. The van der Waals surface area contributed by atoms with Crippen molar-refractivity contribution in [3.8, 4) is 5.69 Å². The highest BCUT2D eigenvalue weighted by molar-refractivity contribution is 5.89. The van der Waals surface area contributed by atoms with Gasteiger partial charge in [0.15, 0.2) is 0 Å². The maximum Gasteiger partial charge on any atom is 0.354 e. The van der Waals surface area contributed by atoms with Crippen molar-refractivity contribution in [1.29, 1.82) is 0 Å². The molecule has 2 saturated heterocycles. The average molecular weight is 567 g/mol. The van der Waals surface area contributed by atoms with Crippen molar-refractivity contribution in [3.05, 3.63) is 52.6 Å². The summed E-state index contributed by atoms with van der Waals surface area (Å²) in [6.45, 7) is 8.90. The topological polar surface area (TPSA) is 163 Å². The van der Waals surface area contributed by atoms with Crippen molar-refractivity contribution in [3.63, 3.8) is 0 Å². The predicted octanol–water partition coefficient (Wildman–Crippen LogP) is 0.0743. The van der Waals surface area contributed by atoms with E-state index < -0.39 is 11.2 Å². The third-order valence-electron chi connectivity index (χ3n) is 8.90. The molecular formula is C29H42N8O4. The predicted molar refractivity (Wildman–Crippen MR) is 156 cm³/mol. The second-order valence-corrected chi connectivity index (χ2v) is 12.2. The van der Waals surface area contributed by atoms with Gasteiger partial charge in [-0.3, -0.25) is 19.6 Å². The van der Waals surface area contributed by atoms with Gasteiger partial charge in [0.2, 0.25) is 5.91 Å². The molecule has 1 unspecified atom stereocenters. The Labute approximate surface area is 240 Å². The molecule has 222 valence electrons. The molecule has 12 heteroatoms. The van der Waals surface area contributed by atoms with Crippen molar-refractivity contribution >= 4 is 17.8 Å². The summed E-state index contributed by atoms with van der Waals surface area (Å²) in [7, 11) is 0. The lowest BCUT2D eigenvalue weighted by Gasteiger charge is -2.37. The van der Waals surface area contributed by atoms with E-state index in [0.29, 0.717) is 56.2 Å². The summed E-state index contributed by atoms with van der Waals surface area (Å²) in [4.78, 5) is 47.6. The number of nitrogens with one attached hydrogen (secondary N) is 1. The van der Waals surface area contributed by atoms with E-state index in [1.54, 1.807) is 35.9 Å². The van der Waals surface area contributed by atoms with Crippen LogP contribution in [0.4, 0.5) is 10.6 Å². The normalized spacial score (nSPS) is 25.1. The lowest BCUT2D eigenvalue weighted by molar-refractivity contribution is -0.137. The molecule has 2 aliphatic heterocycles. The summed E-state index contributed by atoms with van der Waals surface area (Å²) in [5, 5.41) is 12.7. The molecule has 12 nitrogen and oxygen atoms in total. The van der Waals surface area contributed by atoms with Gasteiger partial charge in [-0.2, -0.15) is 4.98 Å². The van der Waals surface area contributed by atoms with Gasteiger partial charge in [0.1, 0.15) is 5.82 Å². The number of hydrogen-bond acceptors (Lipinski definition) is 8. The minimum absolute atomic E-state index is 0.148. The molecule has 3 amide bonds. The molecule has 1 saturated carbocycles. The van der Waals surface area contributed by atoms with Gasteiger partial charge >= 0.3 is 11.7 Å². The number of piperidine rings is 1. The fraction of sp³-hybridized carbons (Fsp3) is 0.586. The summed E-state index contributed by atoms with van der Waals surface area (Å²) in [5.41, 5.74) is 12.2. The van der Waals surface area contributed by atoms with Crippen LogP contribution in [0.25, 0.3) is 5.69 Å². The molecule has 5 rings (SSSR count). The number of hydrogen-bond donors (Lipinski definition) is 4. The number of amides is 3. The molecule has 3 fully saturated rings. The summed E-state index contributed by atoms with van der Waals surface area (Å²) >= 11 is 0. The van der Waals surface area contributed by atoms with Gasteiger partial charge in [-0.1, -0.05) is 12.1 Å². The number of nitrogens with zero attached hydrogens (tertiary/aromatic N) is 5. The fourth-order valence-corrected chi connectivity index (χ4v) is 6.60. The molecular weight excluding hydrogens is 524 g/mol. The van der Waals surface area contributed by atoms with E-state index in [-0.39, 0.29) is 36.4 Å². The highest BCUT2D eigenvalue weighted by Gasteiger charge is 2.60. The molecule has 1 aromatic carbocycles. The van der Waals surface area contributed by atoms with Gasteiger partial charge in [-0.15, -0.1) is 0 Å². The number of nitrogens with two attached hydrogens (primary N) is 2. The van der Waals surface area contributed by atoms with E-state index in [9.17, 15) is 19.5 Å². The fourth-order valence-electron chi connectivity index (χ4n) is 6.60. The number of benzene rings is 1. The third kappa shape index (κ3) is 6.01. The highest BCUT2D eigenvalue weighted by Crippen LogP contribution is 2.55. The first kappa shape index (κ1) is 29.2. The Bertz CT molecular complexity index is 1320. The zero-order valence-corrected chi connectivity index (χ0v) is 24.1. The van der Waals surface area contributed by atoms with Crippen LogP contribution < -0.4 is 22.5 Å². The Morgan fingerprint density at radius 2 is 1.78 bits per heavy atom. The summed E-state index contributed by atoms with van der Waals surface area (Å²) < 4.78 is 1.44. The van der Waals surface area contributed by atoms with Crippen molar-refractivity contribution in [2.75, 3.05) is 51.2 Å². The summed E-state index contributed by atoms with van der Waals surface area (Å²) in [6.07, 6.45) is 2.44. The number of aliphatic hydroxyl groups is 1. The van der Waals surface area contributed by atoms with Gasteiger partial charge in [0.05, 0.1) is 17.8 Å². The number of aliphatic hydroxyl groups excluding tert-OH is 1. The van der Waals surface area contributed by atoms with Crippen LogP contribution in [0.5, 0.6) is 0 Å². The lowest BCUT2D eigenvalue weighted by atomic mass is 10.0. The maximum atomic E-state index is 12.8. The number of carbonyl (C=O) groups is 2. The number of urea groups is 1. The number of likely N-dealkylation sites (tertiary alicyclic amines) is 1. The van der Waals surface area contributed by atoms with E-state index in [4.69, 9.17) is 11.5 Å². The molecule has 1 aliphatic carbocycles. The zero-order valence-electron chi connectivity index (χ0n) is 24.1. The number of anilines is 1. The second kappa shape index (κ2) is 11.5. The largest absolute Gasteiger partial charge is 0.395 e. The van der Waals surface area contributed by atoms with Gasteiger partial charge in [-0.25, -0.2) is 9.59 Å². The van der Waals surface area contributed by atoms with Crippen LogP contribution in [0.3, 0.4) is 0 Å². The SMILES string of the molecule is CC(Cc1ccc(-n2ccc(NC(=O)N3CCN(C(=O)C(C)(C)N)CC3)nc2=O)cc1)N1C[C@@H]2[C@@H](CN)[C@@H]2[C@H]1CO. The van der Waals surface area contributed by atoms with E-state index >= 15 is 0 Å². The number of aromatic nitrogens is 2. The first-order chi connectivity index (χ1) is 19.5. The molecule has 3 heterocycles. The van der Waals surface area contributed by atoms with Crippen LogP contribution in [0, 0.1) is 17.8 Å². The Balaban J connectivity index is 1.15. The number of fused-ring (bicyclic) bond motifs is 1. The Morgan fingerprint density at radius 3 is 2.37 bits per heavy atom. The molecule has 1 aromatic heterocycles. The molecule has 6 N–H and O–H groups in total. The quantitative estimate of drug-likeness (QED) is 0.349. The van der Waals surface area contributed by atoms with Crippen molar-refractivity contribution in [1.82, 2.24) is 24.3 Å². The lowest BCUT2D eigenvalue weighted by Crippen LogP contribution is -2.58. The van der Waals surface area contributed by atoms with Crippen LogP contribution in [-0.4, -0.2) is 105 Å². The van der Waals surface area contributed by atoms with Gasteiger partial charge in [0.25, 0.3) is 0 Å². The van der Waals surface area contributed by atoms with Crippen molar-refractivity contribution < 1.29 is 14.7 Å². The van der Waals surface area contributed by atoms with Gasteiger partial charge in [-0.05, 0) is 75.3 Å². The number of rotatable bonds is 8. The maximum absolute atomic E-state index is 12.8. The average Bonchev–Trinajstić information content (AvgIpc) is 3.50. The molecule has 41 heavy (non-hydrogen) atoms. The minimum Gasteiger partial charge on any atom is -0.395 e. The zero-order chi connectivity index (χ0) is 29.5. The van der Waals surface area contributed by atoms with E-state index in [1.807, 2.05) is 24.3 Å².